The van der Waals surface area contributed by atoms with Crippen LogP contribution < -0.4 is 0 Å². The molecule has 28 heavy (non-hydrogen) atoms. The molecule has 0 radical (unpaired) electrons. The summed E-state index contributed by atoms with van der Waals surface area (Å²) >= 11 is 0. The van der Waals surface area contributed by atoms with Crippen molar-refractivity contribution in [2.75, 3.05) is 26.2 Å². The molecule has 1 saturated carbocycles. The van der Waals surface area contributed by atoms with E-state index < -0.39 is 0 Å². The molecule has 1 aliphatic carbocycles. The van der Waals surface area contributed by atoms with Gasteiger partial charge in [-0.3, -0.25) is 14.6 Å². The number of piperazine rings is 1. The highest BCUT2D eigenvalue weighted by molar-refractivity contribution is 5.98. The predicted octanol–water partition coefficient (Wildman–Crippen LogP) is 3.55. The molecule has 5 nitrogen and oxygen atoms in total. The van der Waals surface area contributed by atoms with Crippen LogP contribution in [0.1, 0.15) is 48.2 Å². The van der Waals surface area contributed by atoms with Crippen LogP contribution in [0.15, 0.2) is 24.3 Å². The Bertz CT molecular complexity index is 900. The Morgan fingerprint density at radius 1 is 1.00 bits per heavy atom. The highest BCUT2D eigenvalue weighted by Crippen LogP contribution is 2.26. The number of fused-ring (bicyclic) bond motifs is 1. The molecule has 2 aromatic rings. The summed E-state index contributed by atoms with van der Waals surface area (Å²) in [5, 5.41) is 0.751. The van der Waals surface area contributed by atoms with Crippen molar-refractivity contribution < 1.29 is 14.0 Å². The van der Waals surface area contributed by atoms with Crippen LogP contribution in [0.25, 0.3) is 10.9 Å². The molecular formula is C22H26FN3O2. The summed E-state index contributed by atoms with van der Waals surface area (Å²) in [6.07, 6.45) is 5.53. The van der Waals surface area contributed by atoms with E-state index in [0.29, 0.717) is 43.0 Å². The Hall–Kier alpha value is -2.50. The van der Waals surface area contributed by atoms with Crippen molar-refractivity contribution in [2.24, 2.45) is 5.92 Å². The van der Waals surface area contributed by atoms with Gasteiger partial charge in [0.05, 0.1) is 16.8 Å². The number of aryl methyl sites for hydroxylation is 1. The molecule has 6 heteroatoms. The fourth-order valence-corrected chi connectivity index (χ4v) is 4.36. The lowest BCUT2D eigenvalue weighted by Crippen LogP contribution is -2.52. The van der Waals surface area contributed by atoms with Crippen LogP contribution in [0, 0.1) is 18.7 Å². The molecule has 1 saturated heterocycles. The second-order valence-electron chi connectivity index (χ2n) is 7.91. The molecule has 2 aliphatic rings. The second-order valence-corrected chi connectivity index (χ2v) is 7.91. The third kappa shape index (κ3) is 3.73. The van der Waals surface area contributed by atoms with Gasteiger partial charge in [-0.2, -0.15) is 0 Å². The number of rotatable bonds is 2. The van der Waals surface area contributed by atoms with Gasteiger partial charge in [-0.25, -0.2) is 4.39 Å². The van der Waals surface area contributed by atoms with Gasteiger partial charge in [0.1, 0.15) is 5.82 Å². The lowest BCUT2D eigenvalue weighted by Gasteiger charge is -2.37. The van der Waals surface area contributed by atoms with Crippen molar-refractivity contribution in [3.8, 4) is 0 Å². The molecule has 4 rings (SSSR count). The zero-order valence-electron chi connectivity index (χ0n) is 16.3. The molecule has 148 valence electrons. The third-order valence-corrected chi connectivity index (χ3v) is 6.03. The average molecular weight is 383 g/mol. The summed E-state index contributed by atoms with van der Waals surface area (Å²) < 4.78 is 13.4. The first-order chi connectivity index (χ1) is 13.5. The van der Waals surface area contributed by atoms with Crippen LogP contribution >= 0.6 is 0 Å². The molecule has 0 bridgehead atoms. The van der Waals surface area contributed by atoms with Gasteiger partial charge in [0, 0.05) is 43.5 Å². The number of nitrogens with zero attached hydrogens (tertiary/aromatic N) is 3. The molecule has 1 aromatic heterocycles. The Balaban J connectivity index is 1.44. The van der Waals surface area contributed by atoms with Crippen LogP contribution in [-0.2, 0) is 4.79 Å². The average Bonchev–Trinajstić information content (AvgIpc) is 2.73. The molecule has 1 aliphatic heterocycles. The number of hydrogen-bond acceptors (Lipinski definition) is 3. The highest BCUT2D eigenvalue weighted by atomic mass is 19.1. The number of carbonyl (C=O) groups excluding carboxylic acids is 2. The number of pyridine rings is 1. The molecule has 0 spiro atoms. The minimum atomic E-state index is -0.336. The number of benzene rings is 1. The van der Waals surface area contributed by atoms with Gasteiger partial charge >= 0.3 is 0 Å². The van der Waals surface area contributed by atoms with E-state index in [1.807, 2.05) is 4.90 Å². The standard InChI is InChI=1S/C22H26FN3O2/c1-15-19(13-17-7-8-18(23)14-20(17)24-15)22(28)26-11-9-25(10-12-26)21(27)16-5-3-2-4-6-16/h7-8,13-14,16H,2-6,9-12H2,1H3. The van der Waals surface area contributed by atoms with Crippen LogP contribution in [0.3, 0.4) is 0 Å². The third-order valence-electron chi connectivity index (χ3n) is 6.03. The highest BCUT2D eigenvalue weighted by Gasteiger charge is 2.30. The van der Waals surface area contributed by atoms with E-state index >= 15 is 0 Å². The van der Waals surface area contributed by atoms with Crippen LogP contribution in [0.2, 0.25) is 0 Å². The van der Waals surface area contributed by atoms with E-state index in [0.717, 1.165) is 31.1 Å². The predicted molar refractivity (Wildman–Crippen MR) is 105 cm³/mol. The van der Waals surface area contributed by atoms with E-state index in [1.54, 1.807) is 24.0 Å². The van der Waals surface area contributed by atoms with E-state index in [4.69, 9.17) is 0 Å². The van der Waals surface area contributed by atoms with Crippen molar-refractivity contribution in [3.63, 3.8) is 0 Å². The molecule has 2 heterocycles. The lowest BCUT2D eigenvalue weighted by molar-refractivity contribution is -0.138. The van der Waals surface area contributed by atoms with Crippen molar-refractivity contribution in [3.05, 3.63) is 41.3 Å². The molecule has 0 atom stereocenters. The molecular weight excluding hydrogens is 357 g/mol. The topological polar surface area (TPSA) is 53.5 Å². The van der Waals surface area contributed by atoms with E-state index in [1.165, 1.54) is 18.6 Å². The normalized spacial score (nSPS) is 18.5. The van der Waals surface area contributed by atoms with Crippen molar-refractivity contribution in [1.29, 1.82) is 0 Å². The summed E-state index contributed by atoms with van der Waals surface area (Å²) in [4.78, 5) is 33.9. The van der Waals surface area contributed by atoms with Crippen molar-refractivity contribution in [1.82, 2.24) is 14.8 Å². The van der Waals surface area contributed by atoms with Crippen LogP contribution in [0.5, 0.6) is 0 Å². The van der Waals surface area contributed by atoms with Gasteiger partial charge in [-0.05, 0) is 38.0 Å². The molecule has 2 amide bonds. The molecule has 2 fully saturated rings. The first-order valence-electron chi connectivity index (χ1n) is 10.2. The maximum absolute atomic E-state index is 13.4. The Morgan fingerprint density at radius 3 is 2.39 bits per heavy atom. The minimum absolute atomic E-state index is 0.0685. The SMILES string of the molecule is Cc1nc2cc(F)ccc2cc1C(=O)N1CCN(C(=O)C2CCCCC2)CC1. The van der Waals surface area contributed by atoms with Gasteiger partial charge in [-0.1, -0.05) is 19.3 Å². The number of aromatic nitrogens is 1. The maximum Gasteiger partial charge on any atom is 0.255 e. The summed E-state index contributed by atoms with van der Waals surface area (Å²) in [6, 6.07) is 6.20. The van der Waals surface area contributed by atoms with Crippen LogP contribution in [-0.4, -0.2) is 52.8 Å². The first-order valence-corrected chi connectivity index (χ1v) is 10.2. The Kier molecular flexibility index (Phi) is 5.29. The zero-order valence-corrected chi connectivity index (χ0v) is 16.3. The van der Waals surface area contributed by atoms with Gasteiger partial charge in [0.2, 0.25) is 5.91 Å². The monoisotopic (exact) mass is 383 g/mol. The number of halogens is 1. The Morgan fingerprint density at radius 2 is 1.68 bits per heavy atom. The van der Waals surface area contributed by atoms with Gasteiger partial charge < -0.3 is 9.80 Å². The summed E-state index contributed by atoms with van der Waals surface area (Å²) in [5.41, 5.74) is 1.70. The first kappa shape index (κ1) is 18.8. The molecule has 0 unspecified atom stereocenters. The Labute approximate surface area is 164 Å². The summed E-state index contributed by atoms with van der Waals surface area (Å²) in [5.74, 6) is 0.0268. The number of amides is 2. The number of hydrogen-bond donors (Lipinski definition) is 0. The fraction of sp³-hybridized carbons (Fsp3) is 0.500. The van der Waals surface area contributed by atoms with Crippen LogP contribution in [0.4, 0.5) is 4.39 Å². The summed E-state index contributed by atoms with van der Waals surface area (Å²) in [7, 11) is 0. The summed E-state index contributed by atoms with van der Waals surface area (Å²) in [6.45, 7) is 4.04. The molecule has 0 N–H and O–H groups in total. The minimum Gasteiger partial charge on any atom is -0.339 e. The van der Waals surface area contributed by atoms with E-state index in [9.17, 15) is 14.0 Å². The van der Waals surface area contributed by atoms with E-state index in [2.05, 4.69) is 4.98 Å². The largest absolute Gasteiger partial charge is 0.339 e. The van der Waals surface area contributed by atoms with Gasteiger partial charge in [-0.15, -0.1) is 0 Å². The fourth-order valence-electron chi connectivity index (χ4n) is 4.36. The van der Waals surface area contributed by atoms with Gasteiger partial charge in [0.25, 0.3) is 5.91 Å². The van der Waals surface area contributed by atoms with E-state index in [-0.39, 0.29) is 23.5 Å². The molecule has 1 aromatic carbocycles. The second kappa shape index (κ2) is 7.86. The number of carbonyl (C=O) groups is 2. The van der Waals surface area contributed by atoms with Crippen molar-refractivity contribution >= 4 is 22.7 Å². The smallest absolute Gasteiger partial charge is 0.255 e. The lowest BCUT2D eigenvalue weighted by atomic mass is 9.88. The van der Waals surface area contributed by atoms with Crippen molar-refractivity contribution in [2.45, 2.75) is 39.0 Å². The maximum atomic E-state index is 13.4. The zero-order chi connectivity index (χ0) is 19.7. The quantitative estimate of drug-likeness (QED) is 0.797. The van der Waals surface area contributed by atoms with Gasteiger partial charge in [0.15, 0.2) is 0 Å².